The number of piperazine rings is 1. The van der Waals surface area contributed by atoms with E-state index in [2.05, 4.69) is 46.0 Å². The lowest BCUT2D eigenvalue weighted by atomic mass is 10.3. The Kier molecular flexibility index (Phi) is 3.76. The van der Waals surface area contributed by atoms with E-state index >= 15 is 0 Å². The lowest BCUT2D eigenvalue weighted by Crippen LogP contribution is -2.47. The third kappa shape index (κ3) is 2.79. The molecular formula is C17H21N9. The van der Waals surface area contributed by atoms with Crippen molar-refractivity contribution in [1.82, 2.24) is 29.8 Å². The predicted molar refractivity (Wildman–Crippen MR) is 98.7 cm³/mol. The Bertz CT molecular complexity index is 894. The summed E-state index contributed by atoms with van der Waals surface area (Å²) in [7, 11) is 0. The van der Waals surface area contributed by atoms with E-state index in [-0.39, 0.29) is 0 Å². The second kappa shape index (κ2) is 6.40. The van der Waals surface area contributed by atoms with Crippen LogP contribution in [-0.4, -0.2) is 69.0 Å². The number of aromatic nitrogens is 6. The molecule has 2 fully saturated rings. The zero-order valence-corrected chi connectivity index (χ0v) is 14.6. The summed E-state index contributed by atoms with van der Waals surface area (Å²) in [6.07, 6.45) is 5.83. The fourth-order valence-corrected chi connectivity index (χ4v) is 3.68. The summed E-state index contributed by atoms with van der Waals surface area (Å²) in [4.78, 5) is 15.9. The summed E-state index contributed by atoms with van der Waals surface area (Å²) in [6, 6.07) is 6.09. The van der Waals surface area contributed by atoms with E-state index in [1.807, 2.05) is 12.1 Å². The topological polar surface area (TPSA) is 78.6 Å². The molecule has 0 N–H and O–H groups in total. The molecule has 5 rings (SSSR count). The first-order chi connectivity index (χ1) is 12.9. The molecular weight excluding hydrogens is 330 g/mol. The van der Waals surface area contributed by atoms with E-state index in [1.54, 1.807) is 17.2 Å². The van der Waals surface area contributed by atoms with Crippen molar-refractivity contribution >= 4 is 23.1 Å². The van der Waals surface area contributed by atoms with Crippen molar-refractivity contribution in [3.8, 4) is 0 Å². The molecule has 3 aromatic rings. The minimum Gasteiger partial charge on any atom is -0.356 e. The van der Waals surface area contributed by atoms with Gasteiger partial charge in [0, 0.05) is 45.3 Å². The van der Waals surface area contributed by atoms with Crippen LogP contribution in [0.15, 0.2) is 30.9 Å². The maximum atomic E-state index is 4.59. The van der Waals surface area contributed by atoms with Gasteiger partial charge in [-0.05, 0) is 25.0 Å². The molecule has 5 heterocycles. The third-order valence-corrected chi connectivity index (χ3v) is 5.14. The van der Waals surface area contributed by atoms with Crippen LogP contribution in [0.4, 0.5) is 17.5 Å². The molecule has 9 nitrogen and oxygen atoms in total. The van der Waals surface area contributed by atoms with E-state index in [0.29, 0.717) is 0 Å². The van der Waals surface area contributed by atoms with Gasteiger partial charge in [0.2, 0.25) is 0 Å². The molecule has 2 aliphatic rings. The zero-order chi connectivity index (χ0) is 17.3. The van der Waals surface area contributed by atoms with Gasteiger partial charge in [0.1, 0.15) is 30.1 Å². The lowest BCUT2D eigenvalue weighted by molar-refractivity contribution is 0.635. The number of hydrogen-bond acceptors (Lipinski definition) is 8. The number of hydrogen-bond donors (Lipinski definition) is 0. The van der Waals surface area contributed by atoms with E-state index < -0.39 is 0 Å². The Morgan fingerprint density at radius 2 is 1.38 bits per heavy atom. The summed E-state index contributed by atoms with van der Waals surface area (Å²) in [5, 5.41) is 12.5. The SMILES string of the molecule is c1nc(N2CCCC2)cc(N2CCN(c3ccc4nncn4n3)CC2)n1. The molecule has 0 saturated carbocycles. The van der Waals surface area contributed by atoms with Crippen LogP contribution in [0.25, 0.3) is 5.65 Å². The number of anilines is 3. The molecule has 2 saturated heterocycles. The maximum Gasteiger partial charge on any atom is 0.177 e. The van der Waals surface area contributed by atoms with Gasteiger partial charge in [0.05, 0.1) is 0 Å². The van der Waals surface area contributed by atoms with Gasteiger partial charge in [-0.15, -0.1) is 15.3 Å². The monoisotopic (exact) mass is 351 g/mol. The Morgan fingerprint density at radius 1 is 0.731 bits per heavy atom. The standard InChI is InChI=1S/C17H21N9/c1-2-6-23(5-1)16-11-17(19-12-18-16)25-9-7-24(8-10-25)15-4-3-14-21-20-13-26(14)22-15/h3-4,11-13H,1-2,5-10H2. The average Bonchev–Trinajstić information content (AvgIpc) is 3.39. The smallest absolute Gasteiger partial charge is 0.177 e. The Morgan fingerprint density at radius 3 is 2.12 bits per heavy atom. The van der Waals surface area contributed by atoms with Crippen molar-refractivity contribution in [3.05, 3.63) is 30.9 Å². The van der Waals surface area contributed by atoms with Crippen molar-refractivity contribution < 1.29 is 0 Å². The highest BCUT2D eigenvalue weighted by molar-refractivity contribution is 5.52. The van der Waals surface area contributed by atoms with E-state index in [9.17, 15) is 0 Å². The Balaban J connectivity index is 1.28. The molecule has 0 atom stereocenters. The molecule has 0 unspecified atom stereocenters. The molecule has 0 amide bonds. The summed E-state index contributed by atoms with van der Waals surface area (Å²) in [5.41, 5.74) is 0.766. The predicted octanol–water partition coefficient (Wildman–Crippen LogP) is 0.841. The minimum absolute atomic E-state index is 0.766. The van der Waals surface area contributed by atoms with E-state index in [4.69, 9.17) is 0 Å². The molecule has 3 aromatic heterocycles. The van der Waals surface area contributed by atoms with Crippen LogP contribution < -0.4 is 14.7 Å². The number of fused-ring (bicyclic) bond motifs is 1. The first kappa shape index (κ1) is 15.3. The van der Waals surface area contributed by atoms with Crippen LogP contribution in [0.2, 0.25) is 0 Å². The molecule has 2 aliphatic heterocycles. The largest absolute Gasteiger partial charge is 0.356 e. The highest BCUT2D eigenvalue weighted by Crippen LogP contribution is 2.23. The zero-order valence-electron chi connectivity index (χ0n) is 14.6. The van der Waals surface area contributed by atoms with Gasteiger partial charge in [-0.1, -0.05) is 0 Å². The van der Waals surface area contributed by atoms with Crippen LogP contribution in [-0.2, 0) is 0 Å². The summed E-state index contributed by atoms with van der Waals surface area (Å²) >= 11 is 0. The van der Waals surface area contributed by atoms with Crippen LogP contribution in [0.5, 0.6) is 0 Å². The Labute approximate surface area is 151 Å². The molecule has 0 aliphatic carbocycles. The fourth-order valence-electron chi connectivity index (χ4n) is 3.68. The minimum atomic E-state index is 0.766. The summed E-state index contributed by atoms with van der Waals surface area (Å²) in [6.45, 7) is 5.84. The van der Waals surface area contributed by atoms with Gasteiger partial charge < -0.3 is 14.7 Å². The molecule has 0 aromatic carbocycles. The lowest BCUT2D eigenvalue weighted by Gasteiger charge is -2.36. The van der Waals surface area contributed by atoms with Crippen molar-refractivity contribution in [2.24, 2.45) is 0 Å². The fraction of sp³-hybridized carbons (Fsp3) is 0.471. The van der Waals surface area contributed by atoms with E-state index in [1.165, 1.54) is 12.8 Å². The van der Waals surface area contributed by atoms with Gasteiger partial charge in [-0.3, -0.25) is 0 Å². The summed E-state index contributed by atoms with van der Waals surface area (Å²) in [5.74, 6) is 3.02. The van der Waals surface area contributed by atoms with Crippen LogP contribution in [0, 0.1) is 0 Å². The summed E-state index contributed by atoms with van der Waals surface area (Å²) < 4.78 is 1.72. The second-order valence-corrected chi connectivity index (χ2v) is 6.73. The molecule has 0 spiro atoms. The van der Waals surface area contributed by atoms with Crippen molar-refractivity contribution in [3.63, 3.8) is 0 Å². The van der Waals surface area contributed by atoms with Crippen LogP contribution in [0.3, 0.4) is 0 Å². The van der Waals surface area contributed by atoms with Crippen molar-refractivity contribution in [2.75, 3.05) is 54.0 Å². The Hall–Kier alpha value is -2.97. The van der Waals surface area contributed by atoms with Crippen molar-refractivity contribution in [1.29, 1.82) is 0 Å². The van der Waals surface area contributed by atoms with Crippen molar-refractivity contribution in [2.45, 2.75) is 12.8 Å². The first-order valence-electron chi connectivity index (χ1n) is 9.11. The number of nitrogens with zero attached hydrogens (tertiary/aromatic N) is 9. The quantitative estimate of drug-likeness (QED) is 0.687. The van der Waals surface area contributed by atoms with Crippen LogP contribution in [0.1, 0.15) is 12.8 Å². The second-order valence-electron chi connectivity index (χ2n) is 6.73. The maximum absolute atomic E-state index is 4.59. The van der Waals surface area contributed by atoms with Gasteiger partial charge in [-0.25, -0.2) is 9.97 Å². The molecule has 9 heteroatoms. The first-order valence-corrected chi connectivity index (χ1v) is 9.11. The molecule has 0 bridgehead atoms. The normalized spacial score (nSPS) is 18.1. The highest BCUT2D eigenvalue weighted by atomic mass is 15.4. The molecule has 0 radical (unpaired) electrons. The highest BCUT2D eigenvalue weighted by Gasteiger charge is 2.21. The van der Waals surface area contributed by atoms with E-state index in [0.717, 1.165) is 62.4 Å². The average molecular weight is 351 g/mol. The molecule has 26 heavy (non-hydrogen) atoms. The van der Waals surface area contributed by atoms with Gasteiger partial charge in [-0.2, -0.15) is 4.52 Å². The number of rotatable bonds is 3. The third-order valence-electron chi connectivity index (χ3n) is 5.14. The van der Waals surface area contributed by atoms with Gasteiger partial charge in [0.25, 0.3) is 0 Å². The van der Waals surface area contributed by atoms with Gasteiger partial charge in [0.15, 0.2) is 5.65 Å². The van der Waals surface area contributed by atoms with Gasteiger partial charge >= 0.3 is 0 Å². The van der Waals surface area contributed by atoms with Crippen LogP contribution >= 0.6 is 0 Å². The molecule has 134 valence electrons.